The van der Waals surface area contributed by atoms with E-state index in [1.165, 1.54) is 24.3 Å². The molecule has 0 spiro atoms. The Balaban J connectivity index is 1.58. The van der Waals surface area contributed by atoms with Crippen LogP contribution in [0, 0.1) is 10.1 Å². The maximum Gasteiger partial charge on any atom is 0.269 e. The number of nitrogens with one attached hydrogen (secondary N) is 2. The third-order valence-electron chi connectivity index (χ3n) is 3.47. The van der Waals surface area contributed by atoms with Crippen molar-refractivity contribution in [3.63, 3.8) is 0 Å². The van der Waals surface area contributed by atoms with E-state index >= 15 is 0 Å². The molecule has 2 aromatic heterocycles. The molecule has 24 heavy (non-hydrogen) atoms. The molecule has 2 heterocycles. The molecular weight excluding hydrogens is 328 g/mol. The summed E-state index contributed by atoms with van der Waals surface area (Å²) in [6.45, 7) is 0.441. The van der Waals surface area contributed by atoms with Crippen LogP contribution < -0.4 is 5.32 Å². The van der Waals surface area contributed by atoms with Crippen LogP contribution in [0.15, 0.2) is 48.1 Å². The van der Waals surface area contributed by atoms with Crippen molar-refractivity contribution in [1.82, 2.24) is 15.3 Å². The Morgan fingerprint density at radius 2 is 2.08 bits per heavy atom. The zero-order valence-electron chi connectivity index (χ0n) is 12.6. The van der Waals surface area contributed by atoms with Gasteiger partial charge in [-0.15, -0.1) is 11.3 Å². The van der Waals surface area contributed by atoms with Crippen molar-refractivity contribution in [1.29, 1.82) is 0 Å². The molecule has 1 amide bonds. The number of nitro groups is 1. The molecule has 0 unspecified atom stereocenters. The largest absolute Gasteiger partial charge is 0.352 e. The second-order valence-electron chi connectivity index (χ2n) is 5.02. The zero-order chi connectivity index (χ0) is 16.9. The van der Waals surface area contributed by atoms with Gasteiger partial charge in [-0.1, -0.05) is 6.07 Å². The smallest absolute Gasteiger partial charge is 0.269 e. The van der Waals surface area contributed by atoms with Crippen LogP contribution in [0.4, 0.5) is 5.69 Å². The highest BCUT2D eigenvalue weighted by Crippen LogP contribution is 2.25. The lowest BCUT2D eigenvalue weighted by molar-refractivity contribution is -0.384. The number of nitrogens with zero attached hydrogens (tertiary/aromatic N) is 2. The number of H-pyrrole nitrogens is 1. The summed E-state index contributed by atoms with van der Waals surface area (Å²) in [6.07, 6.45) is 2.26. The Hall–Kier alpha value is -3.00. The molecule has 0 atom stereocenters. The van der Waals surface area contributed by atoms with E-state index in [0.29, 0.717) is 18.5 Å². The van der Waals surface area contributed by atoms with Gasteiger partial charge in [0.25, 0.3) is 11.6 Å². The van der Waals surface area contributed by atoms with Crippen molar-refractivity contribution < 1.29 is 9.72 Å². The van der Waals surface area contributed by atoms with Crippen molar-refractivity contribution in [3.05, 3.63) is 69.5 Å². The lowest BCUT2D eigenvalue weighted by Gasteiger charge is -2.05. The van der Waals surface area contributed by atoms with Crippen LogP contribution in [-0.2, 0) is 6.42 Å². The Kier molecular flexibility index (Phi) is 4.66. The topological polar surface area (TPSA) is 101 Å². The standard InChI is InChI=1S/C16H14N4O3S/c21-16(11-3-5-12(6-4-11)20(22)23)17-8-7-13-15(19-10-18-13)14-2-1-9-24-14/h1-6,9-10H,7-8H2,(H,17,21)(H,18,19). The first kappa shape index (κ1) is 15.9. The van der Waals surface area contributed by atoms with Crippen molar-refractivity contribution in [2.24, 2.45) is 0 Å². The predicted molar refractivity (Wildman–Crippen MR) is 91.0 cm³/mol. The second-order valence-corrected chi connectivity index (χ2v) is 5.96. The van der Waals surface area contributed by atoms with Crippen LogP contribution in [0.2, 0.25) is 0 Å². The molecule has 0 aliphatic rings. The lowest BCUT2D eigenvalue weighted by Crippen LogP contribution is -2.25. The molecule has 0 radical (unpaired) electrons. The summed E-state index contributed by atoms with van der Waals surface area (Å²) < 4.78 is 0. The van der Waals surface area contributed by atoms with Crippen molar-refractivity contribution >= 4 is 22.9 Å². The SMILES string of the molecule is O=C(NCCc1[nH]cnc1-c1cccs1)c1ccc([N+](=O)[O-])cc1. The molecule has 0 saturated heterocycles. The normalized spacial score (nSPS) is 10.5. The number of imidazole rings is 1. The van der Waals surface area contributed by atoms with E-state index in [2.05, 4.69) is 15.3 Å². The van der Waals surface area contributed by atoms with Gasteiger partial charge in [0.05, 0.1) is 16.1 Å². The molecule has 1 aromatic carbocycles. The van der Waals surface area contributed by atoms with E-state index < -0.39 is 4.92 Å². The van der Waals surface area contributed by atoms with E-state index in [9.17, 15) is 14.9 Å². The summed E-state index contributed by atoms with van der Waals surface area (Å²) >= 11 is 1.61. The van der Waals surface area contributed by atoms with Crippen LogP contribution in [-0.4, -0.2) is 27.3 Å². The first-order valence-electron chi connectivity index (χ1n) is 7.24. The van der Waals surface area contributed by atoms with Crippen LogP contribution in [0.25, 0.3) is 10.6 Å². The van der Waals surface area contributed by atoms with E-state index in [0.717, 1.165) is 16.3 Å². The fourth-order valence-electron chi connectivity index (χ4n) is 2.27. The number of thiophene rings is 1. The number of amides is 1. The number of carbonyl (C=O) groups excluding carboxylic acids is 1. The highest BCUT2D eigenvalue weighted by Gasteiger charge is 2.11. The highest BCUT2D eigenvalue weighted by atomic mass is 32.1. The molecule has 0 aliphatic carbocycles. The second kappa shape index (κ2) is 7.05. The number of hydrogen-bond donors (Lipinski definition) is 2. The van der Waals surface area contributed by atoms with Gasteiger partial charge in [-0.2, -0.15) is 0 Å². The maximum absolute atomic E-state index is 12.1. The average molecular weight is 342 g/mol. The molecule has 8 heteroatoms. The summed E-state index contributed by atoms with van der Waals surface area (Å²) in [6, 6.07) is 9.49. The third kappa shape index (κ3) is 3.49. The maximum atomic E-state index is 12.1. The highest BCUT2D eigenvalue weighted by molar-refractivity contribution is 7.13. The van der Waals surface area contributed by atoms with Gasteiger partial charge < -0.3 is 10.3 Å². The van der Waals surface area contributed by atoms with Crippen LogP contribution in [0.3, 0.4) is 0 Å². The molecule has 122 valence electrons. The molecule has 0 saturated carbocycles. The average Bonchev–Trinajstić information content (AvgIpc) is 3.25. The summed E-state index contributed by atoms with van der Waals surface area (Å²) in [4.78, 5) is 30.7. The number of rotatable bonds is 6. The van der Waals surface area contributed by atoms with Gasteiger partial charge in [-0.25, -0.2) is 4.98 Å². The minimum atomic E-state index is -0.494. The Morgan fingerprint density at radius 1 is 1.29 bits per heavy atom. The quantitative estimate of drug-likeness (QED) is 0.531. The molecular formula is C16H14N4O3S. The van der Waals surface area contributed by atoms with Crippen molar-refractivity contribution in [2.45, 2.75) is 6.42 Å². The Bertz CT molecular complexity index is 841. The number of carbonyl (C=O) groups is 1. The Labute approximate surface area is 141 Å². The van der Waals surface area contributed by atoms with Gasteiger partial charge in [0.1, 0.15) is 5.69 Å². The first-order chi connectivity index (χ1) is 11.6. The van der Waals surface area contributed by atoms with E-state index in [-0.39, 0.29) is 11.6 Å². The summed E-state index contributed by atoms with van der Waals surface area (Å²) in [5.74, 6) is -0.262. The number of aromatic nitrogens is 2. The van der Waals surface area contributed by atoms with Gasteiger partial charge >= 0.3 is 0 Å². The summed E-state index contributed by atoms with van der Waals surface area (Å²) in [5.41, 5.74) is 2.21. The predicted octanol–water partition coefficient (Wildman–Crippen LogP) is 3.02. The van der Waals surface area contributed by atoms with Crippen molar-refractivity contribution in [3.8, 4) is 10.6 Å². The number of benzene rings is 1. The molecule has 3 aromatic rings. The Morgan fingerprint density at radius 3 is 2.75 bits per heavy atom. The van der Waals surface area contributed by atoms with E-state index in [1.54, 1.807) is 17.7 Å². The molecule has 0 fully saturated rings. The molecule has 0 bridgehead atoms. The van der Waals surface area contributed by atoms with E-state index in [1.807, 2.05) is 17.5 Å². The summed E-state index contributed by atoms with van der Waals surface area (Å²) in [5, 5.41) is 15.4. The van der Waals surface area contributed by atoms with Crippen LogP contribution >= 0.6 is 11.3 Å². The number of nitro benzene ring substituents is 1. The molecule has 3 rings (SSSR count). The van der Waals surface area contributed by atoms with Crippen molar-refractivity contribution in [2.75, 3.05) is 6.54 Å². The molecule has 0 aliphatic heterocycles. The lowest BCUT2D eigenvalue weighted by atomic mass is 10.2. The summed E-state index contributed by atoms with van der Waals surface area (Å²) in [7, 11) is 0. The van der Waals surface area contributed by atoms with Gasteiger partial charge in [0, 0.05) is 36.4 Å². The monoisotopic (exact) mass is 342 g/mol. The zero-order valence-corrected chi connectivity index (χ0v) is 13.4. The third-order valence-corrected chi connectivity index (χ3v) is 4.35. The minimum Gasteiger partial charge on any atom is -0.352 e. The van der Waals surface area contributed by atoms with Gasteiger partial charge in [0.2, 0.25) is 0 Å². The fraction of sp³-hybridized carbons (Fsp3) is 0.125. The van der Waals surface area contributed by atoms with Gasteiger partial charge in [-0.05, 0) is 23.6 Å². The number of non-ortho nitro benzene ring substituents is 1. The fourth-order valence-corrected chi connectivity index (χ4v) is 3.02. The van der Waals surface area contributed by atoms with Gasteiger partial charge in [0.15, 0.2) is 0 Å². The minimum absolute atomic E-state index is 0.0374. The first-order valence-corrected chi connectivity index (χ1v) is 8.12. The molecule has 2 N–H and O–H groups in total. The van der Waals surface area contributed by atoms with E-state index in [4.69, 9.17) is 0 Å². The van der Waals surface area contributed by atoms with Crippen LogP contribution in [0.5, 0.6) is 0 Å². The van der Waals surface area contributed by atoms with Gasteiger partial charge in [-0.3, -0.25) is 14.9 Å². The number of hydrogen-bond acceptors (Lipinski definition) is 5. The number of aromatic amines is 1. The molecule has 7 nitrogen and oxygen atoms in total. The van der Waals surface area contributed by atoms with Crippen LogP contribution in [0.1, 0.15) is 16.1 Å².